The van der Waals surface area contributed by atoms with Crippen LogP contribution in [0, 0.1) is 5.82 Å². The van der Waals surface area contributed by atoms with Crippen LogP contribution in [0.25, 0.3) is 22.3 Å². The minimum absolute atomic E-state index is 0.0315. The Kier molecular flexibility index (Phi) is 7.97. The molecular weight excluding hydrogens is 573 g/mol. The number of carbonyl (C=O) groups excluding carboxylic acids is 1. The van der Waals surface area contributed by atoms with E-state index in [-0.39, 0.29) is 47.3 Å². The Morgan fingerprint density at radius 1 is 1.05 bits per heavy atom. The molecule has 1 fully saturated rings. The van der Waals surface area contributed by atoms with Gasteiger partial charge in [0.15, 0.2) is 21.4 Å². The summed E-state index contributed by atoms with van der Waals surface area (Å²) in [5, 5.41) is 3.53. The molecule has 2 atom stereocenters. The highest BCUT2D eigenvalue weighted by Gasteiger charge is 2.27. The number of pyridine rings is 3. The predicted molar refractivity (Wildman–Crippen MR) is 159 cm³/mol. The normalized spacial score (nSPS) is 20.0. The van der Waals surface area contributed by atoms with E-state index in [4.69, 9.17) is 19.4 Å². The third-order valence-corrected chi connectivity index (χ3v) is 9.26. The quantitative estimate of drug-likeness (QED) is 0.354. The zero-order valence-corrected chi connectivity index (χ0v) is 24.7. The summed E-state index contributed by atoms with van der Waals surface area (Å²) in [6, 6.07) is 13.6. The molecule has 4 aromatic rings. The van der Waals surface area contributed by atoms with E-state index in [1.165, 1.54) is 6.07 Å². The number of hydrogen-bond acceptors (Lipinski definition) is 9. The Hall–Kier alpha value is -4.16. The number of hydrogen-bond donors (Lipinski definition) is 1. The number of ether oxygens (including phenoxy) is 2. The van der Waals surface area contributed by atoms with Gasteiger partial charge in [-0.2, -0.15) is 0 Å². The number of amides is 1. The number of nitrogens with zero attached hydrogens (tertiary/aromatic N) is 4. The Morgan fingerprint density at radius 2 is 1.84 bits per heavy atom. The third kappa shape index (κ3) is 6.30. The first kappa shape index (κ1) is 28.9. The van der Waals surface area contributed by atoms with Crippen molar-refractivity contribution in [1.29, 1.82) is 0 Å². The number of benzene rings is 1. The van der Waals surface area contributed by atoms with Gasteiger partial charge in [-0.15, -0.1) is 0 Å². The number of anilines is 1. The smallest absolute Gasteiger partial charge is 0.251 e. The van der Waals surface area contributed by atoms with Crippen LogP contribution in [0.2, 0.25) is 0 Å². The van der Waals surface area contributed by atoms with Crippen molar-refractivity contribution in [1.82, 2.24) is 20.3 Å². The van der Waals surface area contributed by atoms with Gasteiger partial charge in [0.05, 0.1) is 53.7 Å². The fourth-order valence-electron chi connectivity index (χ4n) is 5.43. The highest BCUT2D eigenvalue weighted by Crippen LogP contribution is 2.32. The lowest BCUT2D eigenvalue weighted by Crippen LogP contribution is -2.45. The van der Waals surface area contributed by atoms with E-state index in [1.54, 1.807) is 12.3 Å². The summed E-state index contributed by atoms with van der Waals surface area (Å²) in [6.45, 7) is 5.87. The van der Waals surface area contributed by atoms with Gasteiger partial charge < -0.3 is 19.7 Å². The van der Waals surface area contributed by atoms with Crippen LogP contribution in [-0.2, 0) is 21.1 Å². The molecule has 12 heteroatoms. The van der Waals surface area contributed by atoms with Gasteiger partial charge in [0.2, 0.25) is 0 Å². The monoisotopic (exact) mass is 605 g/mol. The second-order valence-corrected chi connectivity index (χ2v) is 13.0. The second kappa shape index (κ2) is 11.8. The minimum Gasteiger partial charge on any atom is -0.489 e. The third-order valence-electron chi connectivity index (χ3n) is 7.46. The van der Waals surface area contributed by atoms with Crippen molar-refractivity contribution in [2.24, 2.45) is 0 Å². The Labute approximate surface area is 249 Å². The van der Waals surface area contributed by atoms with Gasteiger partial charge in [-0.3, -0.25) is 9.78 Å². The van der Waals surface area contributed by atoms with Gasteiger partial charge in [0, 0.05) is 30.2 Å². The highest BCUT2D eigenvalue weighted by molar-refractivity contribution is 7.91. The van der Waals surface area contributed by atoms with Crippen LogP contribution >= 0.6 is 0 Å². The van der Waals surface area contributed by atoms with Gasteiger partial charge in [-0.1, -0.05) is 6.07 Å². The van der Waals surface area contributed by atoms with Gasteiger partial charge in [-0.25, -0.2) is 22.8 Å². The van der Waals surface area contributed by atoms with Crippen LogP contribution in [0.1, 0.15) is 42.7 Å². The lowest BCUT2D eigenvalue weighted by atomic mass is 10.1. The highest BCUT2D eigenvalue weighted by atomic mass is 32.2. The molecule has 224 valence electrons. The molecule has 2 aliphatic heterocycles. The first-order valence-corrected chi connectivity index (χ1v) is 15.9. The number of sulfone groups is 1. The zero-order chi connectivity index (χ0) is 30.1. The number of carbonyl (C=O) groups is 1. The van der Waals surface area contributed by atoms with Crippen molar-refractivity contribution in [2.75, 3.05) is 30.3 Å². The van der Waals surface area contributed by atoms with Gasteiger partial charge in [-0.05, 0) is 69.2 Å². The maximum Gasteiger partial charge on any atom is 0.251 e. The number of fused-ring (bicyclic) bond motifs is 2. The molecule has 3 aromatic heterocycles. The Balaban J connectivity index is 1.20. The van der Waals surface area contributed by atoms with Crippen molar-refractivity contribution >= 4 is 32.5 Å². The van der Waals surface area contributed by atoms with Crippen molar-refractivity contribution in [2.45, 2.75) is 50.3 Å². The molecule has 0 unspecified atom stereocenters. The summed E-state index contributed by atoms with van der Waals surface area (Å²) < 4.78 is 51.5. The van der Waals surface area contributed by atoms with Crippen LogP contribution in [0.4, 0.5) is 10.2 Å². The van der Waals surface area contributed by atoms with E-state index in [9.17, 15) is 17.6 Å². The summed E-state index contributed by atoms with van der Waals surface area (Å²) in [5.74, 6) is -1.11. The van der Waals surface area contributed by atoms with Crippen molar-refractivity contribution in [3.63, 3.8) is 0 Å². The summed E-state index contributed by atoms with van der Waals surface area (Å²) in [5.41, 5.74) is 2.53. The molecule has 2 aliphatic rings. The summed E-state index contributed by atoms with van der Waals surface area (Å²) >= 11 is 0. The molecule has 10 nitrogen and oxygen atoms in total. The molecule has 43 heavy (non-hydrogen) atoms. The molecule has 0 radical (unpaired) electrons. The molecule has 0 aliphatic carbocycles. The molecule has 6 rings (SSSR count). The van der Waals surface area contributed by atoms with Crippen LogP contribution < -0.4 is 15.0 Å². The topological polar surface area (TPSA) is 124 Å². The van der Waals surface area contributed by atoms with E-state index in [1.807, 2.05) is 30.3 Å². The maximum atomic E-state index is 14.8. The first-order valence-electron chi connectivity index (χ1n) is 14.3. The maximum absolute atomic E-state index is 14.8. The average Bonchev–Trinajstić information content (AvgIpc) is 2.98. The molecule has 1 amide bonds. The van der Waals surface area contributed by atoms with E-state index in [0.29, 0.717) is 29.7 Å². The standard InChI is InChI=1S/C31H32FN5O5S/c1-19-17-37(18-20(2)42-19)29-7-5-6-25(36-29)26-9-8-21-15-33-23(14-27(21)35-26)16-34-31(38)22-12-24(32)30-28(13-22)43(39,40)11-4-3-10-41-30/h5-9,12-15,19-20H,3-4,10-11,16-18H2,1-2H3,(H,34,38)/t19-,20+. The molecule has 1 aromatic carbocycles. The van der Waals surface area contributed by atoms with Gasteiger partial charge >= 0.3 is 0 Å². The van der Waals surface area contributed by atoms with E-state index in [2.05, 4.69) is 29.0 Å². The molecular formula is C31H32FN5O5S. The van der Waals surface area contributed by atoms with Crippen molar-refractivity contribution in [3.8, 4) is 17.1 Å². The number of aromatic nitrogens is 3. The largest absolute Gasteiger partial charge is 0.489 e. The summed E-state index contributed by atoms with van der Waals surface area (Å²) in [7, 11) is -3.79. The number of halogens is 1. The van der Waals surface area contributed by atoms with Crippen molar-refractivity contribution < 1.29 is 27.1 Å². The number of morpholine rings is 1. The predicted octanol–water partition coefficient (Wildman–Crippen LogP) is 4.32. The second-order valence-electron chi connectivity index (χ2n) is 11.0. The fraction of sp³-hybridized carbons (Fsp3) is 0.355. The van der Waals surface area contributed by atoms with Crippen LogP contribution in [0.5, 0.6) is 5.75 Å². The molecule has 1 saturated heterocycles. The summed E-state index contributed by atoms with van der Waals surface area (Å²) in [6.07, 6.45) is 2.80. The van der Waals surface area contributed by atoms with E-state index < -0.39 is 21.6 Å². The Morgan fingerprint density at radius 3 is 2.65 bits per heavy atom. The van der Waals surface area contributed by atoms with Crippen LogP contribution in [-0.4, -0.2) is 66.9 Å². The van der Waals surface area contributed by atoms with E-state index in [0.717, 1.165) is 36.1 Å². The van der Waals surface area contributed by atoms with Crippen molar-refractivity contribution in [3.05, 3.63) is 71.8 Å². The minimum atomic E-state index is -3.79. The van der Waals surface area contributed by atoms with Gasteiger partial charge in [0.1, 0.15) is 10.7 Å². The lowest BCUT2D eigenvalue weighted by Gasteiger charge is -2.36. The first-order chi connectivity index (χ1) is 20.7. The fourth-order valence-corrected chi connectivity index (χ4v) is 6.98. The molecule has 1 N–H and O–H groups in total. The number of nitrogens with one attached hydrogen (secondary N) is 1. The summed E-state index contributed by atoms with van der Waals surface area (Å²) in [4.78, 5) is 29.0. The average molecular weight is 606 g/mol. The number of rotatable bonds is 5. The zero-order valence-electron chi connectivity index (χ0n) is 23.9. The SMILES string of the molecule is C[C@@H]1CN(c2cccc(-c3ccc4cnc(CNC(=O)c5cc(F)c6c(c5)S(=O)(=O)CCCCO6)cc4n3)n2)C[C@H](C)O1. The Bertz CT molecular complexity index is 1790. The molecule has 5 heterocycles. The molecule has 0 bridgehead atoms. The van der Waals surface area contributed by atoms with Crippen LogP contribution in [0.15, 0.2) is 59.6 Å². The molecule has 0 saturated carbocycles. The lowest BCUT2D eigenvalue weighted by molar-refractivity contribution is -0.00545. The van der Waals surface area contributed by atoms with E-state index >= 15 is 0 Å². The van der Waals surface area contributed by atoms with Crippen LogP contribution in [0.3, 0.4) is 0 Å². The molecule has 0 spiro atoms. The van der Waals surface area contributed by atoms with Gasteiger partial charge in [0.25, 0.3) is 5.91 Å².